The van der Waals surface area contributed by atoms with Crippen LogP contribution >= 0.6 is 24.0 Å². The average Bonchev–Trinajstić information content (AvgIpc) is 3.14. The van der Waals surface area contributed by atoms with Gasteiger partial charge in [-0.15, -0.1) is 24.0 Å². The van der Waals surface area contributed by atoms with E-state index < -0.39 is 0 Å². The second-order valence-electron chi connectivity index (χ2n) is 6.27. The molecule has 2 N–H and O–H groups in total. The molecule has 7 nitrogen and oxygen atoms in total. The third kappa shape index (κ3) is 7.37. The van der Waals surface area contributed by atoms with Crippen LogP contribution in [-0.4, -0.2) is 27.3 Å². The number of nitrogens with one attached hydrogen (secondary N) is 2. The van der Waals surface area contributed by atoms with E-state index in [4.69, 9.17) is 4.74 Å². The summed E-state index contributed by atoms with van der Waals surface area (Å²) in [4.78, 5) is 8.94. The molecule has 2 heterocycles. The Hall–Kier alpha value is -2.62. The van der Waals surface area contributed by atoms with Crippen molar-refractivity contribution in [3.63, 3.8) is 0 Å². The summed E-state index contributed by atoms with van der Waals surface area (Å²) < 4.78 is 7.64. The number of guanidine groups is 1. The SMILES string of the molecule is CCNC(=NCc1ccnc(OCc2ccccc2)c1)NCc1ccnn1C.I. The van der Waals surface area contributed by atoms with E-state index in [-0.39, 0.29) is 24.0 Å². The third-order valence-corrected chi connectivity index (χ3v) is 4.15. The highest BCUT2D eigenvalue weighted by atomic mass is 127. The molecule has 0 aliphatic heterocycles. The molecule has 1 aromatic carbocycles. The third-order valence-electron chi connectivity index (χ3n) is 4.15. The molecule has 0 fully saturated rings. The van der Waals surface area contributed by atoms with E-state index in [1.165, 1.54) is 0 Å². The zero-order valence-electron chi connectivity index (χ0n) is 16.7. The number of hydrogen-bond donors (Lipinski definition) is 2. The highest BCUT2D eigenvalue weighted by molar-refractivity contribution is 14.0. The first-order valence-electron chi connectivity index (χ1n) is 9.35. The van der Waals surface area contributed by atoms with Crippen molar-refractivity contribution in [3.05, 3.63) is 77.7 Å². The van der Waals surface area contributed by atoms with Crippen molar-refractivity contribution in [3.8, 4) is 5.88 Å². The highest BCUT2D eigenvalue weighted by Gasteiger charge is 2.03. The van der Waals surface area contributed by atoms with E-state index in [1.807, 2.05) is 67.2 Å². The van der Waals surface area contributed by atoms with Crippen molar-refractivity contribution in [1.82, 2.24) is 25.4 Å². The molecule has 154 valence electrons. The van der Waals surface area contributed by atoms with Crippen LogP contribution in [0.2, 0.25) is 0 Å². The van der Waals surface area contributed by atoms with E-state index in [2.05, 4.69) is 25.7 Å². The molecule has 0 saturated carbocycles. The van der Waals surface area contributed by atoms with E-state index in [0.29, 0.717) is 25.6 Å². The van der Waals surface area contributed by atoms with Crippen molar-refractivity contribution in [1.29, 1.82) is 0 Å². The first-order valence-corrected chi connectivity index (χ1v) is 9.35. The summed E-state index contributed by atoms with van der Waals surface area (Å²) >= 11 is 0. The van der Waals surface area contributed by atoms with E-state index in [0.717, 1.165) is 29.3 Å². The minimum absolute atomic E-state index is 0. The second-order valence-corrected chi connectivity index (χ2v) is 6.27. The first-order chi connectivity index (χ1) is 13.7. The molecular weight excluding hydrogens is 479 g/mol. The number of benzene rings is 1. The van der Waals surface area contributed by atoms with Crippen molar-refractivity contribution in [2.45, 2.75) is 26.6 Å². The Balaban J connectivity index is 0.00000300. The number of aliphatic imine (C=N–C) groups is 1. The quantitative estimate of drug-likeness (QED) is 0.279. The van der Waals surface area contributed by atoms with Crippen LogP contribution in [-0.2, 0) is 26.7 Å². The number of rotatable bonds is 8. The number of halogens is 1. The van der Waals surface area contributed by atoms with Gasteiger partial charge in [0.25, 0.3) is 0 Å². The average molecular weight is 506 g/mol. The van der Waals surface area contributed by atoms with E-state index in [1.54, 1.807) is 12.4 Å². The van der Waals surface area contributed by atoms with Gasteiger partial charge in [0.2, 0.25) is 5.88 Å². The van der Waals surface area contributed by atoms with Crippen molar-refractivity contribution < 1.29 is 4.74 Å². The Morgan fingerprint density at radius 1 is 1.07 bits per heavy atom. The molecular formula is C21H27IN6O. The topological polar surface area (TPSA) is 76.4 Å². The van der Waals surface area contributed by atoms with Crippen LogP contribution < -0.4 is 15.4 Å². The lowest BCUT2D eigenvalue weighted by molar-refractivity contribution is 0.293. The van der Waals surface area contributed by atoms with Crippen LogP contribution in [0.5, 0.6) is 5.88 Å². The number of pyridine rings is 1. The summed E-state index contributed by atoms with van der Waals surface area (Å²) in [6.45, 7) is 4.52. The smallest absolute Gasteiger partial charge is 0.213 e. The van der Waals surface area contributed by atoms with Gasteiger partial charge in [-0.05, 0) is 30.2 Å². The van der Waals surface area contributed by atoms with Crippen molar-refractivity contribution in [2.75, 3.05) is 6.54 Å². The molecule has 2 aromatic heterocycles. The maximum atomic E-state index is 5.80. The maximum Gasteiger partial charge on any atom is 0.213 e. The summed E-state index contributed by atoms with van der Waals surface area (Å²) in [5.74, 6) is 1.36. The Labute approximate surface area is 188 Å². The Morgan fingerprint density at radius 2 is 1.90 bits per heavy atom. The lowest BCUT2D eigenvalue weighted by Crippen LogP contribution is -2.37. The summed E-state index contributed by atoms with van der Waals surface area (Å²) in [6.07, 6.45) is 3.54. The van der Waals surface area contributed by atoms with Gasteiger partial charge in [-0.1, -0.05) is 30.3 Å². The fraction of sp³-hybridized carbons (Fsp3) is 0.286. The molecule has 8 heteroatoms. The minimum Gasteiger partial charge on any atom is -0.473 e. The summed E-state index contributed by atoms with van der Waals surface area (Å²) in [5.41, 5.74) is 3.24. The molecule has 0 aliphatic carbocycles. The van der Waals surface area contributed by atoms with E-state index in [9.17, 15) is 0 Å². The molecule has 0 spiro atoms. The van der Waals surface area contributed by atoms with Crippen LogP contribution in [0.25, 0.3) is 0 Å². The summed E-state index contributed by atoms with van der Waals surface area (Å²) in [5, 5.41) is 10.8. The Bertz CT molecular complexity index is 897. The van der Waals surface area contributed by atoms with Crippen molar-refractivity contribution in [2.24, 2.45) is 12.0 Å². The van der Waals surface area contributed by atoms with Crippen LogP contribution in [0.15, 0.2) is 65.9 Å². The van der Waals surface area contributed by atoms with Crippen LogP contribution in [0.1, 0.15) is 23.7 Å². The van der Waals surface area contributed by atoms with Gasteiger partial charge in [0.05, 0.1) is 18.8 Å². The van der Waals surface area contributed by atoms with Crippen LogP contribution in [0.3, 0.4) is 0 Å². The zero-order valence-corrected chi connectivity index (χ0v) is 19.0. The lowest BCUT2D eigenvalue weighted by Gasteiger charge is -2.11. The van der Waals surface area contributed by atoms with Gasteiger partial charge in [-0.25, -0.2) is 9.98 Å². The second kappa shape index (κ2) is 12.1. The maximum absolute atomic E-state index is 5.80. The van der Waals surface area contributed by atoms with Gasteiger partial charge in [-0.2, -0.15) is 5.10 Å². The Morgan fingerprint density at radius 3 is 2.62 bits per heavy atom. The number of ether oxygens (including phenoxy) is 1. The fourth-order valence-corrected chi connectivity index (χ4v) is 2.62. The van der Waals surface area contributed by atoms with Gasteiger partial charge in [-0.3, -0.25) is 4.68 Å². The molecule has 0 saturated heterocycles. The minimum atomic E-state index is 0. The standard InChI is InChI=1S/C21H26N6O.HI/c1-3-22-21(25-15-19-10-12-26-27(19)2)24-14-18-9-11-23-20(13-18)28-16-17-7-5-4-6-8-17;/h4-13H,3,14-16H2,1-2H3,(H2,22,24,25);1H. The predicted molar refractivity (Wildman–Crippen MR) is 125 cm³/mol. The normalized spacial score (nSPS) is 10.9. The first kappa shape index (κ1) is 22.7. The number of hydrogen-bond acceptors (Lipinski definition) is 4. The molecule has 3 aromatic rings. The van der Waals surface area contributed by atoms with Crippen molar-refractivity contribution >= 4 is 29.9 Å². The number of nitrogens with zero attached hydrogens (tertiary/aromatic N) is 4. The van der Waals surface area contributed by atoms with Gasteiger partial charge in [0.1, 0.15) is 6.61 Å². The van der Waals surface area contributed by atoms with Crippen LogP contribution in [0.4, 0.5) is 0 Å². The number of aryl methyl sites for hydroxylation is 1. The molecule has 0 radical (unpaired) electrons. The van der Waals surface area contributed by atoms with Gasteiger partial charge in [0.15, 0.2) is 5.96 Å². The predicted octanol–water partition coefficient (Wildman–Crippen LogP) is 3.27. The van der Waals surface area contributed by atoms with E-state index >= 15 is 0 Å². The molecule has 0 amide bonds. The molecule has 0 atom stereocenters. The Kier molecular flexibility index (Phi) is 9.42. The van der Waals surface area contributed by atoms with Crippen LogP contribution in [0, 0.1) is 0 Å². The number of aromatic nitrogens is 3. The fourth-order valence-electron chi connectivity index (χ4n) is 2.62. The molecule has 0 bridgehead atoms. The highest BCUT2D eigenvalue weighted by Crippen LogP contribution is 2.12. The summed E-state index contributed by atoms with van der Waals surface area (Å²) in [6, 6.07) is 15.9. The molecule has 3 rings (SSSR count). The molecule has 0 aliphatic rings. The molecule has 29 heavy (non-hydrogen) atoms. The monoisotopic (exact) mass is 506 g/mol. The van der Waals surface area contributed by atoms with Gasteiger partial charge in [0, 0.05) is 32.1 Å². The summed E-state index contributed by atoms with van der Waals surface area (Å²) in [7, 11) is 1.93. The van der Waals surface area contributed by atoms with Gasteiger partial charge < -0.3 is 15.4 Å². The molecule has 0 unspecified atom stereocenters. The zero-order chi connectivity index (χ0) is 19.6. The van der Waals surface area contributed by atoms with Gasteiger partial charge >= 0.3 is 0 Å². The lowest BCUT2D eigenvalue weighted by atomic mass is 10.2. The largest absolute Gasteiger partial charge is 0.473 e.